The van der Waals surface area contributed by atoms with Gasteiger partial charge in [0, 0.05) is 38.7 Å². The molecule has 0 radical (unpaired) electrons. The minimum absolute atomic E-state index is 0.440. The molecule has 0 spiro atoms. The fourth-order valence-electron chi connectivity index (χ4n) is 1.93. The molecule has 0 bridgehead atoms. The fourth-order valence-corrected chi connectivity index (χ4v) is 2.42. The molecule has 1 saturated heterocycles. The summed E-state index contributed by atoms with van der Waals surface area (Å²) in [4.78, 5) is 2.81. The van der Waals surface area contributed by atoms with E-state index in [1.165, 1.54) is 12.8 Å². The zero-order chi connectivity index (χ0) is 9.80. The third-order valence-electron chi connectivity index (χ3n) is 2.84. The van der Waals surface area contributed by atoms with Crippen LogP contribution in [0.5, 0.6) is 0 Å². The lowest BCUT2D eigenvalue weighted by molar-refractivity contribution is 0.0566. The molecule has 1 N–H and O–H groups in total. The van der Waals surface area contributed by atoms with E-state index < -0.39 is 0 Å². The average molecular weight is 261 g/mol. The van der Waals surface area contributed by atoms with Crippen molar-refractivity contribution in [2.75, 3.05) is 26.3 Å². The molecule has 4 heteroatoms. The van der Waals surface area contributed by atoms with Gasteiger partial charge >= 0.3 is 0 Å². The van der Waals surface area contributed by atoms with E-state index in [1.54, 1.807) is 0 Å². The van der Waals surface area contributed by atoms with Crippen molar-refractivity contribution in [2.24, 2.45) is 5.92 Å². The van der Waals surface area contributed by atoms with Gasteiger partial charge < -0.3 is 15.0 Å². The summed E-state index contributed by atoms with van der Waals surface area (Å²) in [5.41, 5.74) is 0. The number of halogens is 1. The molecule has 0 saturated carbocycles. The Morgan fingerprint density at radius 3 is 2.93 bits per heavy atom. The van der Waals surface area contributed by atoms with Crippen LogP contribution in [0.1, 0.15) is 12.8 Å². The van der Waals surface area contributed by atoms with Gasteiger partial charge in [-0.2, -0.15) is 0 Å². The Labute approximate surface area is 93.6 Å². The van der Waals surface area contributed by atoms with Gasteiger partial charge in [0.25, 0.3) is 0 Å². The maximum Gasteiger partial charge on any atom is 0.101 e. The highest BCUT2D eigenvalue weighted by molar-refractivity contribution is 9.09. The van der Waals surface area contributed by atoms with Gasteiger partial charge in [-0.15, -0.1) is 0 Å². The number of hydrogen-bond acceptors (Lipinski definition) is 3. The van der Waals surface area contributed by atoms with Crippen LogP contribution in [-0.4, -0.2) is 36.2 Å². The summed E-state index contributed by atoms with van der Waals surface area (Å²) < 4.78 is 5.36. The quantitative estimate of drug-likeness (QED) is 0.602. The van der Waals surface area contributed by atoms with Crippen LogP contribution in [0, 0.1) is 5.92 Å². The van der Waals surface area contributed by atoms with E-state index in [0.29, 0.717) is 4.95 Å². The standard InChI is InChI=1S/C10H17BrN2O/c11-10-7-12-3-4-13(10)8-9-1-5-14-6-2-9/h3-4,9-10,12H,1-2,5-8H2. The Kier molecular flexibility index (Phi) is 3.70. The van der Waals surface area contributed by atoms with E-state index in [2.05, 4.69) is 32.3 Å². The molecule has 2 rings (SSSR count). The monoisotopic (exact) mass is 260 g/mol. The third-order valence-corrected chi connectivity index (χ3v) is 3.69. The molecule has 0 amide bonds. The van der Waals surface area contributed by atoms with Crippen molar-refractivity contribution in [3.63, 3.8) is 0 Å². The number of ether oxygens (including phenoxy) is 1. The molecular formula is C10H17BrN2O. The highest BCUT2D eigenvalue weighted by atomic mass is 79.9. The highest BCUT2D eigenvalue weighted by Crippen LogP contribution is 2.20. The molecule has 2 aliphatic rings. The summed E-state index contributed by atoms with van der Waals surface area (Å²) in [6.45, 7) is 4.01. The number of rotatable bonds is 2. The van der Waals surface area contributed by atoms with E-state index in [9.17, 15) is 0 Å². The number of nitrogens with one attached hydrogen (secondary N) is 1. The van der Waals surface area contributed by atoms with E-state index in [4.69, 9.17) is 4.74 Å². The van der Waals surface area contributed by atoms with Crippen molar-refractivity contribution in [3.8, 4) is 0 Å². The zero-order valence-electron chi connectivity index (χ0n) is 8.29. The summed E-state index contributed by atoms with van der Waals surface area (Å²) in [5, 5.41) is 3.21. The van der Waals surface area contributed by atoms with E-state index in [-0.39, 0.29) is 0 Å². The predicted octanol–water partition coefficient (Wildman–Crippen LogP) is 1.51. The molecule has 80 valence electrons. The molecule has 14 heavy (non-hydrogen) atoms. The Hall–Kier alpha value is -0.220. The number of hydrogen-bond donors (Lipinski definition) is 1. The number of alkyl halides is 1. The van der Waals surface area contributed by atoms with Crippen LogP contribution in [0.25, 0.3) is 0 Å². The van der Waals surface area contributed by atoms with Crippen molar-refractivity contribution in [1.29, 1.82) is 0 Å². The summed E-state index contributed by atoms with van der Waals surface area (Å²) in [5.74, 6) is 0.798. The van der Waals surface area contributed by atoms with Crippen molar-refractivity contribution in [1.82, 2.24) is 10.2 Å². The highest BCUT2D eigenvalue weighted by Gasteiger charge is 2.20. The van der Waals surface area contributed by atoms with Gasteiger partial charge in [-0.1, -0.05) is 15.9 Å². The van der Waals surface area contributed by atoms with Crippen LogP contribution < -0.4 is 5.32 Å². The lowest BCUT2D eigenvalue weighted by Gasteiger charge is -2.34. The summed E-state index contributed by atoms with van der Waals surface area (Å²) in [7, 11) is 0. The number of nitrogens with zero attached hydrogens (tertiary/aromatic N) is 1. The maximum absolute atomic E-state index is 5.36. The molecule has 1 unspecified atom stereocenters. The first-order chi connectivity index (χ1) is 6.86. The van der Waals surface area contributed by atoms with Crippen LogP contribution >= 0.6 is 15.9 Å². The SMILES string of the molecule is BrC1CNC=CN1CC1CCOCC1. The van der Waals surface area contributed by atoms with Crippen molar-refractivity contribution in [2.45, 2.75) is 17.8 Å². The van der Waals surface area contributed by atoms with Crippen molar-refractivity contribution < 1.29 is 4.74 Å². The first-order valence-corrected chi connectivity index (χ1v) is 6.15. The van der Waals surface area contributed by atoms with E-state index in [1.807, 2.05) is 6.20 Å². The van der Waals surface area contributed by atoms with Gasteiger partial charge in [0.1, 0.15) is 4.95 Å². The molecule has 1 atom stereocenters. The molecule has 3 nitrogen and oxygen atoms in total. The fraction of sp³-hybridized carbons (Fsp3) is 0.800. The second-order valence-electron chi connectivity index (χ2n) is 3.91. The molecule has 1 fully saturated rings. The summed E-state index contributed by atoms with van der Waals surface area (Å²) in [6, 6.07) is 0. The molecule has 0 aliphatic carbocycles. The lowest BCUT2D eigenvalue weighted by atomic mass is 10.00. The van der Waals surface area contributed by atoms with Crippen LogP contribution in [0.3, 0.4) is 0 Å². The lowest BCUT2D eigenvalue weighted by Crippen LogP contribution is -2.41. The second kappa shape index (κ2) is 5.03. The molecule has 0 aromatic heterocycles. The smallest absolute Gasteiger partial charge is 0.101 e. The van der Waals surface area contributed by atoms with Crippen molar-refractivity contribution >= 4 is 15.9 Å². The molecular weight excluding hydrogens is 244 g/mol. The Balaban J connectivity index is 1.82. The Morgan fingerprint density at radius 1 is 1.43 bits per heavy atom. The van der Waals surface area contributed by atoms with Crippen LogP contribution in [0.2, 0.25) is 0 Å². The minimum Gasteiger partial charge on any atom is -0.387 e. The first-order valence-electron chi connectivity index (χ1n) is 5.24. The topological polar surface area (TPSA) is 24.5 Å². The molecule has 0 aromatic carbocycles. The van der Waals surface area contributed by atoms with Gasteiger partial charge in [-0.25, -0.2) is 0 Å². The zero-order valence-corrected chi connectivity index (χ0v) is 9.87. The first kappa shape index (κ1) is 10.3. The van der Waals surface area contributed by atoms with Gasteiger partial charge in [0.15, 0.2) is 0 Å². The largest absolute Gasteiger partial charge is 0.387 e. The average Bonchev–Trinajstić information content (AvgIpc) is 2.23. The normalized spacial score (nSPS) is 28.9. The van der Waals surface area contributed by atoms with Gasteiger partial charge in [-0.3, -0.25) is 0 Å². The Morgan fingerprint density at radius 2 is 2.21 bits per heavy atom. The van der Waals surface area contributed by atoms with Gasteiger partial charge in [-0.05, 0) is 18.8 Å². The summed E-state index contributed by atoms with van der Waals surface area (Å²) >= 11 is 3.66. The molecule has 2 aliphatic heterocycles. The van der Waals surface area contributed by atoms with Gasteiger partial charge in [0.2, 0.25) is 0 Å². The van der Waals surface area contributed by atoms with Gasteiger partial charge in [0.05, 0.1) is 0 Å². The van der Waals surface area contributed by atoms with Crippen LogP contribution in [-0.2, 0) is 4.74 Å². The van der Waals surface area contributed by atoms with Crippen LogP contribution in [0.4, 0.5) is 0 Å². The van der Waals surface area contributed by atoms with Crippen LogP contribution in [0.15, 0.2) is 12.4 Å². The third kappa shape index (κ3) is 2.64. The molecule has 2 heterocycles. The Bertz CT molecular complexity index is 204. The predicted molar refractivity (Wildman–Crippen MR) is 60.1 cm³/mol. The molecule has 0 aromatic rings. The summed E-state index contributed by atoms with van der Waals surface area (Å²) in [6.07, 6.45) is 6.57. The van der Waals surface area contributed by atoms with E-state index >= 15 is 0 Å². The maximum atomic E-state index is 5.36. The van der Waals surface area contributed by atoms with Crippen molar-refractivity contribution in [3.05, 3.63) is 12.4 Å². The van der Waals surface area contributed by atoms with E-state index in [0.717, 1.165) is 32.2 Å². The minimum atomic E-state index is 0.440. The second-order valence-corrected chi connectivity index (χ2v) is 4.97.